The van der Waals surface area contributed by atoms with Crippen LogP contribution in [0, 0.1) is 0 Å². The molecule has 0 unspecified atom stereocenters. The first-order valence-electron chi connectivity index (χ1n) is 8.91. The number of anilines is 1. The molecular weight excluding hydrogens is 328 g/mol. The largest absolute Gasteiger partial charge is 0.494 e. The number of nitrogen functional groups attached to an aromatic ring is 1. The number of rotatable bonds is 8. The zero-order valence-electron chi connectivity index (χ0n) is 15.4. The van der Waals surface area contributed by atoms with Crippen molar-refractivity contribution in [1.82, 2.24) is 14.3 Å². The lowest BCUT2D eigenvalue weighted by Crippen LogP contribution is -2.22. The second kappa shape index (κ2) is 8.21. The normalized spacial score (nSPS) is 11.4. The molecule has 0 spiro atoms. The fraction of sp³-hybridized carbons (Fsp3) is 0.350. The highest BCUT2D eigenvalue weighted by atomic mass is 16.5. The third kappa shape index (κ3) is 3.98. The molecule has 0 saturated carbocycles. The molecule has 0 radical (unpaired) electrons. The maximum Gasteiger partial charge on any atom is 0.137 e. The predicted octanol–water partition coefficient (Wildman–Crippen LogP) is 2.80. The monoisotopic (exact) mass is 354 g/mol. The molecule has 3 N–H and O–H groups in total. The Kier molecular flexibility index (Phi) is 5.75. The maximum absolute atomic E-state index is 9.21. The summed E-state index contributed by atoms with van der Waals surface area (Å²) in [4.78, 5) is 6.87. The highest BCUT2D eigenvalue weighted by Crippen LogP contribution is 2.28. The summed E-state index contributed by atoms with van der Waals surface area (Å²) in [6.45, 7) is 4.18. The quantitative estimate of drug-likeness (QED) is 0.650. The van der Waals surface area contributed by atoms with Crippen molar-refractivity contribution in [3.05, 3.63) is 48.3 Å². The van der Waals surface area contributed by atoms with Crippen LogP contribution in [0.5, 0.6) is 5.75 Å². The third-order valence-electron chi connectivity index (χ3n) is 4.24. The van der Waals surface area contributed by atoms with Gasteiger partial charge in [0, 0.05) is 30.5 Å². The second-order valence-corrected chi connectivity index (χ2v) is 6.43. The van der Waals surface area contributed by atoms with Gasteiger partial charge in [-0.05, 0) is 49.9 Å². The average Bonchev–Trinajstić information content (AvgIpc) is 2.98. The van der Waals surface area contributed by atoms with E-state index < -0.39 is 0 Å². The van der Waals surface area contributed by atoms with E-state index in [9.17, 15) is 5.11 Å². The van der Waals surface area contributed by atoms with Crippen LogP contribution in [-0.2, 0) is 6.54 Å². The van der Waals surface area contributed by atoms with Crippen LogP contribution in [-0.4, -0.2) is 46.2 Å². The number of hydrogen-bond donors (Lipinski definition) is 2. The molecule has 0 bridgehead atoms. The van der Waals surface area contributed by atoms with Crippen LogP contribution < -0.4 is 10.5 Å². The first-order valence-corrected chi connectivity index (χ1v) is 8.91. The van der Waals surface area contributed by atoms with Gasteiger partial charge < -0.3 is 20.0 Å². The fourth-order valence-corrected chi connectivity index (χ4v) is 2.93. The van der Waals surface area contributed by atoms with Gasteiger partial charge in [0.25, 0.3) is 0 Å². The zero-order valence-corrected chi connectivity index (χ0v) is 15.4. The van der Waals surface area contributed by atoms with Crippen molar-refractivity contribution < 1.29 is 9.84 Å². The Morgan fingerprint density at radius 2 is 1.96 bits per heavy atom. The number of nitrogens with zero attached hydrogens (tertiary/aromatic N) is 3. The van der Waals surface area contributed by atoms with E-state index in [0.29, 0.717) is 25.4 Å². The van der Waals surface area contributed by atoms with Crippen molar-refractivity contribution in [3.63, 3.8) is 0 Å². The third-order valence-corrected chi connectivity index (χ3v) is 4.24. The van der Waals surface area contributed by atoms with E-state index in [1.807, 2.05) is 54.0 Å². The van der Waals surface area contributed by atoms with Crippen LogP contribution in [0.15, 0.2) is 42.6 Å². The number of imidazole rings is 1. The Bertz CT molecular complexity index is 858. The van der Waals surface area contributed by atoms with Gasteiger partial charge in [-0.2, -0.15) is 0 Å². The smallest absolute Gasteiger partial charge is 0.137 e. The van der Waals surface area contributed by atoms with Gasteiger partial charge in [0.2, 0.25) is 0 Å². The SMILES string of the molecule is CCCOc1ccc(-c2nc3ccc(N)cn3c2CN(C)CCO)cc1. The molecule has 138 valence electrons. The van der Waals surface area contributed by atoms with Crippen LogP contribution in [0.2, 0.25) is 0 Å². The molecule has 3 aromatic rings. The van der Waals surface area contributed by atoms with E-state index in [1.54, 1.807) is 0 Å². The van der Waals surface area contributed by atoms with Crippen molar-refractivity contribution in [3.8, 4) is 17.0 Å². The van der Waals surface area contributed by atoms with Crippen LogP contribution in [0.4, 0.5) is 5.69 Å². The van der Waals surface area contributed by atoms with E-state index in [2.05, 4.69) is 11.8 Å². The number of pyridine rings is 1. The van der Waals surface area contributed by atoms with Gasteiger partial charge in [0.05, 0.1) is 24.6 Å². The summed E-state index contributed by atoms with van der Waals surface area (Å²) >= 11 is 0. The molecule has 6 nitrogen and oxygen atoms in total. The molecule has 0 atom stereocenters. The van der Waals surface area contributed by atoms with E-state index in [-0.39, 0.29) is 6.61 Å². The summed E-state index contributed by atoms with van der Waals surface area (Å²) < 4.78 is 7.70. The van der Waals surface area contributed by atoms with Crippen molar-refractivity contribution >= 4 is 11.3 Å². The summed E-state index contributed by atoms with van der Waals surface area (Å²) in [5.41, 5.74) is 10.5. The van der Waals surface area contributed by atoms with Crippen molar-refractivity contribution in [2.45, 2.75) is 19.9 Å². The second-order valence-electron chi connectivity index (χ2n) is 6.43. The molecule has 0 amide bonds. The Morgan fingerprint density at radius 3 is 2.65 bits per heavy atom. The lowest BCUT2D eigenvalue weighted by atomic mass is 10.1. The minimum Gasteiger partial charge on any atom is -0.494 e. The molecule has 0 fully saturated rings. The van der Waals surface area contributed by atoms with Crippen LogP contribution in [0.3, 0.4) is 0 Å². The number of ether oxygens (including phenoxy) is 1. The summed E-state index contributed by atoms with van der Waals surface area (Å²) in [5, 5.41) is 9.21. The molecule has 3 rings (SSSR count). The number of likely N-dealkylation sites (N-methyl/N-ethyl adjacent to an activating group) is 1. The molecular formula is C20H26N4O2. The Labute approximate surface area is 153 Å². The van der Waals surface area contributed by atoms with E-state index in [4.69, 9.17) is 15.5 Å². The molecule has 0 aliphatic rings. The molecule has 2 aromatic heterocycles. The summed E-state index contributed by atoms with van der Waals surface area (Å²) in [5.74, 6) is 0.863. The minimum atomic E-state index is 0.119. The van der Waals surface area contributed by atoms with Gasteiger partial charge in [-0.1, -0.05) is 6.92 Å². The van der Waals surface area contributed by atoms with Gasteiger partial charge in [-0.15, -0.1) is 0 Å². The van der Waals surface area contributed by atoms with Gasteiger partial charge in [0.15, 0.2) is 0 Å². The Hall–Kier alpha value is -2.57. The number of nitrogens with two attached hydrogens (primary N) is 1. The first-order chi connectivity index (χ1) is 12.6. The molecule has 0 aliphatic carbocycles. The van der Waals surface area contributed by atoms with Crippen LogP contribution in [0.1, 0.15) is 19.0 Å². The molecule has 2 heterocycles. The van der Waals surface area contributed by atoms with Crippen molar-refractivity contribution in [2.24, 2.45) is 0 Å². The standard InChI is InChI=1S/C20H26N4O2/c1-3-12-26-17-7-4-15(5-8-17)20-18(14-23(2)10-11-25)24-13-16(21)6-9-19(24)22-20/h4-9,13,25H,3,10-12,14,21H2,1-2H3. The average molecular weight is 354 g/mol. The molecule has 0 saturated heterocycles. The van der Waals surface area contributed by atoms with Crippen LogP contribution >= 0.6 is 0 Å². The lowest BCUT2D eigenvalue weighted by molar-refractivity contribution is 0.216. The first kappa shape index (κ1) is 18.2. The zero-order chi connectivity index (χ0) is 18.5. The number of hydrogen-bond acceptors (Lipinski definition) is 5. The highest BCUT2D eigenvalue weighted by molar-refractivity contribution is 5.68. The number of benzene rings is 1. The predicted molar refractivity (Wildman–Crippen MR) is 104 cm³/mol. The van der Waals surface area contributed by atoms with Crippen LogP contribution in [0.25, 0.3) is 16.9 Å². The van der Waals surface area contributed by atoms with Gasteiger partial charge in [-0.3, -0.25) is 4.90 Å². The van der Waals surface area contributed by atoms with Gasteiger partial charge in [-0.25, -0.2) is 4.98 Å². The maximum atomic E-state index is 9.21. The summed E-state index contributed by atoms with van der Waals surface area (Å²) in [6, 6.07) is 11.8. The molecule has 26 heavy (non-hydrogen) atoms. The number of aromatic nitrogens is 2. The van der Waals surface area contributed by atoms with Gasteiger partial charge in [0.1, 0.15) is 11.4 Å². The van der Waals surface area contributed by atoms with Crippen molar-refractivity contribution in [2.75, 3.05) is 32.5 Å². The summed E-state index contributed by atoms with van der Waals surface area (Å²) in [7, 11) is 1.98. The Balaban J connectivity index is 2.00. The number of aliphatic hydroxyl groups excluding tert-OH is 1. The number of aliphatic hydroxyl groups is 1. The van der Waals surface area contributed by atoms with E-state index >= 15 is 0 Å². The minimum absolute atomic E-state index is 0.119. The molecule has 1 aromatic carbocycles. The lowest BCUT2D eigenvalue weighted by Gasteiger charge is -2.16. The van der Waals surface area contributed by atoms with E-state index in [1.165, 1.54) is 0 Å². The van der Waals surface area contributed by atoms with Crippen molar-refractivity contribution in [1.29, 1.82) is 0 Å². The molecule has 0 aliphatic heterocycles. The topological polar surface area (TPSA) is 76.0 Å². The summed E-state index contributed by atoms with van der Waals surface area (Å²) in [6.07, 6.45) is 2.88. The van der Waals surface area contributed by atoms with Gasteiger partial charge >= 0.3 is 0 Å². The highest BCUT2D eigenvalue weighted by Gasteiger charge is 2.16. The fourth-order valence-electron chi connectivity index (χ4n) is 2.93. The molecule has 6 heteroatoms. The van der Waals surface area contributed by atoms with E-state index in [0.717, 1.165) is 34.8 Å². The number of fused-ring (bicyclic) bond motifs is 1. The Morgan fingerprint density at radius 1 is 1.19 bits per heavy atom.